The smallest absolute Gasteiger partial charge is 0.272 e. The van der Waals surface area contributed by atoms with Crippen LogP contribution in [-0.2, 0) is 0 Å². The number of aryl methyl sites for hydroxylation is 1. The van der Waals surface area contributed by atoms with Crippen LogP contribution in [0.1, 0.15) is 22.5 Å². The molecule has 2 aromatic rings. The highest BCUT2D eigenvalue weighted by atomic mass is 16.2. The number of carbonyl (C=O) groups is 1. The second kappa shape index (κ2) is 9.50. The summed E-state index contributed by atoms with van der Waals surface area (Å²) in [5, 5.41) is 3.28. The van der Waals surface area contributed by atoms with Crippen molar-refractivity contribution in [2.24, 2.45) is 0 Å². The highest BCUT2D eigenvalue weighted by molar-refractivity contribution is 5.93. The lowest BCUT2D eigenvalue weighted by atomic mass is 10.2. The Morgan fingerprint density at radius 2 is 1.93 bits per heavy atom. The molecule has 1 amide bonds. The summed E-state index contributed by atoms with van der Waals surface area (Å²) < 4.78 is 0. The van der Waals surface area contributed by atoms with E-state index >= 15 is 0 Å². The number of hydrogen-bond acceptors (Lipinski definition) is 6. The van der Waals surface area contributed by atoms with Gasteiger partial charge < -0.3 is 20.0 Å². The first-order valence-corrected chi connectivity index (χ1v) is 9.84. The summed E-state index contributed by atoms with van der Waals surface area (Å²) in [6, 6.07) is 10.3. The summed E-state index contributed by atoms with van der Waals surface area (Å²) in [7, 11) is 4.11. The maximum Gasteiger partial charge on any atom is 0.272 e. The van der Waals surface area contributed by atoms with Crippen LogP contribution < -0.4 is 10.2 Å². The first kappa shape index (κ1) is 20.1. The summed E-state index contributed by atoms with van der Waals surface area (Å²) in [6.07, 6.45) is 2.48. The molecule has 1 aromatic carbocycles. The van der Waals surface area contributed by atoms with Crippen LogP contribution >= 0.6 is 0 Å². The number of aromatic nitrogens is 2. The molecule has 0 saturated carbocycles. The van der Waals surface area contributed by atoms with Gasteiger partial charge in [-0.2, -0.15) is 0 Å². The molecule has 0 radical (unpaired) electrons. The number of anilines is 2. The second-order valence-corrected chi connectivity index (χ2v) is 7.49. The van der Waals surface area contributed by atoms with Gasteiger partial charge in [0.1, 0.15) is 17.8 Å². The van der Waals surface area contributed by atoms with Crippen LogP contribution in [-0.4, -0.2) is 79.0 Å². The van der Waals surface area contributed by atoms with E-state index in [1.807, 2.05) is 4.90 Å². The molecular formula is C21H30N6O. The Balaban J connectivity index is 1.54. The number of amides is 1. The third-order valence-electron chi connectivity index (χ3n) is 4.91. The van der Waals surface area contributed by atoms with Gasteiger partial charge in [-0.05, 0) is 51.7 Å². The molecule has 0 aliphatic carbocycles. The van der Waals surface area contributed by atoms with Crippen molar-refractivity contribution in [1.29, 1.82) is 0 Å². The monoisotopic (exact) mass is 382 g/mol. The zero-order chi connectivity index (χ0) is 19.9. The van der Waals surface area contributed by atoms with Crippen molar-refractivity contribution >= 4 is 17.4 Å². The van der Waals surface area contributed by atoms with E-state index in [0.29, 0.717) is 24.6 Å². The molecule has 0 bridgehead atoms. The Hall–Kier alpha value is -2.67. The van der Waals surface area contributed by atoms with Crippen LogP contribution in [0, 0.1) is 6.92 Å². The fourth-order valence-corrected chi connectivity index (χ4v) is 3.34. The predicted molar refractivity (Wildman–Crippen MR) is 113 cm³/mol. The number of carbonyl (C=O) groups excluding carboxylic acids is 1. The normalized spacial score (nSPS) is 14.4. The highest BCUT2D eigenvalue weighted by Crippen LogP contribution is 2.18. The Morgan fingerprint density at radius 3 is 2.64 bits per heavy atom. The van der Waals surface area contributed by atoms with Crippen molar-refractivity contribution in [3.8, 4) is 0 Å². The van der Waals surface area contributed by atoms with Crippen LogP contribution in [0.5, 0.6) is 0 Å². The zero-order valence-corrected chi connectivity index (χ0v) is 17.1. The Kier molecular flexibility index (Phi) is 6.81. The minimum Gasteiger partial charge on any atom is -0.370 e. The third kappa shape index (κ3) is 5.42. The van der Waals surface area contributed by atoms with Crippen molar-refractivity contribution in [3.05, 3.63) is 47.9 Å². The highest BCUT2D eigenvalue weighted by Gasteiger charge is 2.23. The van der Waals surface area contributed by atoms with Crippen molar-refractivity contribution in [2.45, 2.75) is 13.3 Å². The predicted octanol–water partition coefficient (Wildman–Crippen LogP) is 2.11. The van der Waals surface area contributed by atoms with Gasteiger partial charge in [0.15, 0.2) is 0 Å². The van der Waals surface area contributed by atoms with Crippen molar-refractivity contribution < 1.29 is 4.79 Å². The van der Waals surface area contributed by atoms with Crippen molar-refractivity contribution in [3.63, 3.8) is 0 Å². The molecule has 1 fully saturated rings. The van der Waals surface area contributed by atoms with Crippen LogP contribution in [0.4, 0.5) is 11.5 Å². The topological polar surface area (TPSA) is 64.6 Å². The minimum absolute atomic E-state index is 0.0253. The first-order valence-electron chi connectivity index (χ1n) is 9.84. The lowest BCUT2D eigenvalue weighted by Gasteiger charge is -2.36. The van der Waals surface area contributed by atoms with E-state index in [4.69, 9.17) is 0 Å². The summed E-state index contributed by atoms with van der Waals surface area (Å²) >= 11 is 0. The van der Waals surface area contributed by atoms with Gasteiger partial charge in [-0.3, -0.25) is 4.79 Å². The van der Waals surface area contributed by atoms with E-state index < -0.39 is 0 Å². The number of benzene rings is 1. The van der Waals surface area contributed by atoms with E-state index in [-0.39, 0.29) is 5.91 Å². The molecule has 2 heterocycles. The van der Waals surface area contributed by atoms with Gasteiger partial charge in [0.2, 0.25) is 0 Å². The molecule has 7 heteroatoms. The van der Waals surface area contributed by atoms with Gasteiger partial charge in [0.05, 0.1) is 0 Å². The largest absolute Gasteiger partial charge is 0.370 e. The molecule has 1 aliphatic rings. The van der Waals surface area contributed by atoms with Crippen LogP contribution in [0.2, 0.25) is 0 Å². The zero-order valence-electron chi connectivity index (χ0n) is 17.1. The van der Waals surface area contributed by atoms with Gasteiger partial charge in [-0.25, -0.2) is 9.97 Å². The summed E-state index contributed by atoms with van der Waals surface area (Å²) in [6.45, 7) is 6.98. The molecule has 150 valence electrons. The first-order chi connectivity index (χ1) is 13.5. The molecule has 0 spiro atoms. The standard InChI is InChI=1S/C21H30N6O/c1-17-6-4-7-18(14-17)26-10-12-27(13-11-26)21(28)19-15-20(24-16-23-19)22-8-5-9-25(2)3/h4,6-7,14-16H,5,8-13H2,1-3H3,(H,22,23,24). The molecule has 1 aliphatic heterocycles. The van der Waals surface area contributed by atoms with Crippen LogP contribution in [0.3, 0.4) is 0 Å². The molecule has 0 atom stereocenters. The molecule has 28 heavy (non-hydrogen) atoms. The SMILES string of the molecule is Cc1cccc(N2CCN(C(=O)c3cc(NCCCN(C)C)ncn3)CC2)c1. The number of nitrogens with zero attached hydrogens (tertiary/aromatic N) is 5. The number of nitrogens with one attached hydrogen (secondary N) is 1. The summed E-state index contributed by atoms with van der Waals surface area (Å²) in [5.74, 6) is 0.679. The van der Waals surface area contributed by atoms with Crippen molar-refractivity contribution in [2.75, 3.05) is 63.6 Å². The lowest BCUT2D eigenvalue weighted by Crippen LogP contribution is -2.49. The molecule has 7 nitrogen and oxygen atoms in total. The summed E-state index contributed by atoms with van der Waals surface area (Å²) in [4.78, 5) is 27.6. The van der Waals surface area contributed by atoms with Gasteiger partial charge in [0, 0.05) is 44.5 Å². The van der Waals surface area contributed by atoms with Gasteiger partial charge >= 0.3 is 0 Å². The second-order valence-electron chi connectivity index (χ2n) is 7.49. The Morgan fingerprint density at radius 1 is 1.14 bits per heavy atom. The number of piperazine rings is 1. The Bertz CT molecular complexity index is 786. The summed E-state index contributed by atoms with van der Waals surface area (Å²) in [5.41, 5.74) is 2.93. The van der Waals surface area contributed by atoms with Gasteiger partial charge in [-0.1, -0.05) is 12.1 Å². The average Bonchev–Trinajstić information content (AvgIpc) is 2.71. The molecule has 1 N–H and O–H groups in total. The van der Waals surface area contributed by atoms with E-state index in [1.54, 1.807) is 6.07 Å². The van der Waals surface area contributed by atoms with Gasteiger partial charge in [0.25, 0.3) is 5.91 Å². The maximum atomic E-state index is 12.9. The maximum absolute atomic E-state index is 12.9. The van der Waals surface area contributed by atoms with Crippen molar-refractivity contribution in [1.82, 2.24) is 19.8 Å². The lowest BCUT2D eigenvalue weighted by molar-refractivity contribution is 0.0740. The van der Waals surface area contributed by atoms with Crippen LogP contribution in [0.25, 0.3) is 0 Å². The van der Waals surface area contributed by atoms with E-state index in [0.717, 1.165) is 32.6 Å². The molecule has 3 rings (SSSR count). The molecule has 1 aromatic heterocycles. The fourth-order valence-electron chi connectivity index (χ4n) is 3.34. The van der Waals surface area contributed by atoms with E-state index in [1.165, 1.54) is 17.6 Å². The van der Waals surface area contributed by atoms with Gasteiger partial charge in [-0.15, -0.1) is 0 Å². The van der Waals surface area contributed by atoms with E-state index in [2.05, 4.69) is 70.4 Å². The number of rotatable bonds is 7. The van der Waals surface area contributed by atoms with E-state index in [9.17, 15) is 4.79 Å². The molecule has 0 unspecified atom stereocenters. The fraction of sp³-hybridized carbons (Fsp3) is 0.476. The molecule has 1 saturated heterocycles. The quantitative estimate of drug-likeness (QED) is 0.740. The molecular weight excluding hydrogens is 352 g/mol. The third-order valence-corrected chi connectivity index (χ3v) is 4.91. The number of hydrogen-bond donors (Lipinski definition) is 1. The van der Waals surface area contributed by atoms with Crippen LogP contribution in [0.15, 0.2) is 36.7 Å². The Labute approximate surface area is 167 Å². The average molecular weight is 383 g/mol. The minimum atomic E-state index is -0.0253.